The molecule has 0 aromatic carbocycles. The summed E-state index contributed by atoms with van der Waals surface area (Å²) in [5.41, 5.74) is -1.49. The van der Waals surface area contributed by atoms with Gasteiger partial charge < -0.3 is 28.6 Å². The van der Waals surface area contributed by atoms with Gasteiger partial charge in [0, 0.05) is 43.1 Å². The van der Waals surface area contributed by atoms with E-state index in [1.54, 1.807) is 6.92 Å². The Bertz CT molecular complexity index is 1370. The van der Waals surface area contributed by atoms with Gasteiger partial charge in [-0.15, -0.1) is 0 Å². The lowest BCUT2D eigenvalue weighted by Gasteiger charge is -2.62. The van der Waals surface area contributed by atoms with Crippen molar-refractivity contribution in [2.75, 3.05) is 26.7 Å². The van der Waals surface area contributed by atoms with Gasteiger partial charge in [-0.3, -0.25) is 0 Å². The first-order valence-corrected chi connectivity index (χ1v) is 19.6. The molecular formula is C38H58F3NO9. The van der Waals surface area contributed by atoms with Gasteiger partial charge in [0.05, 0.1) is 6.61 Å². The van der Waals surface area contributed by atoms with Crippen LogP contribution in [0.4, 0.5) is 13.2 Å². The minimum atomic E-state index is -4.65. The summed E-state index contributed by atoms with van der Waals surface area (Å²) in [6, 6.07) is 0. The van der Waals surface area contributed by atoms with E-state index in [4.69, 9.17) is 43.2 Å². The van der Waals surface area contributed by atoms with Gasteiger partial charge in [0.2, 0.25) is 23.6 Å². The molecule has 0 radical (unpaired) electrons. The number of rotatable bonds is 9. The summed E-state index contributed by atoms with van der Waals surface area (Å²) in [7, 11) is 1.88. The molecule has 0 aromatic heterocycles. The van der Waals surface area contributed by atoms with Crippen molar-refractivity contribution in [1.29, 1.82) is 0 Å². The first-order valence-electron chi connectivity index (χ1n) is 19.6. The smallest absolute Gasteiger partial charge is 0.449 e. The average Bonchev–Trinajstić information content (AvgIpc) is 3.44. The molecular weight excluding hydrogens is 671 g/mol. The van der Waals surface area contributed by atoms with Crippen LogP contribution >= 0.6 is 0 Å². The van der Waals surface area contributed by atoms with Crippen LogP contribution in [0.25, 0.3) is 0 Å². The minimum absolute atomic E-state index is 0.0276. The number of unbranched alkanes of at least 4 members (excludes halogenated alkanes) is 2. The predicted octanol–water partition coefficient (Wildman–Crippen LogP) is 7.77. The Hall–Kier alpha value is -1.03. The number of alkyl halides is 3. The lowest BCUT2D eigenvalue weighted by Crippen LogP contribution is -2.72. The molecule has 14 atom stereocenters. The molecule has 290 valence electrons. The Morgan fingerprint density at radius 1 is 0.725 bits per heavy atom. The Labute approximate surface area is 300 Å². The van der Waals surface area contributed by atoms with Crippen LogP contribution in [0.5, 0.6) is 0 Å². The molecule has 7 saturated heterocycles. The van der Waals surface area contributed by atoms with E-state index in [1.165, 1.54) is 0 Å². The van der Waals surface area contributed by atoms with Crippen molar-refractivity contribution >= 4 is 0 Å². The summed E-state index contributed by atoms with van der Waals surface area (Å²) >= 11 is 0. The van der Waals surface area contributed by atoms with Crippen LogP contribution in [0, 0.1) is 41.4 Å². The van der Waals surface area contributed by atoms with Crippen LogP contribution in [-0.2, 0) is 43.2 Å². The van der Waals surface area contributed by atoms with E-state index in [0.29, 0.717) is 37.8 Å². The molecule has 2 spiro atoms. The third-order valence-corrected chi connectivity index (χ3v) is 14.5. The predicted molar refractivity (Wildman–Crippen MR) is 176 cm³/mol. The zero-order valence-electron chi connectivity index (χ0n) is 31.4. The van der Waals surface area contributed by atoms with Crippen molar-refractivity contribution in [3.63, 3.8) is 0 Å². The molecule has 51 heavy (non-hydrogen) atoms. The third-order valence-electron chi connectivity index (χ3n) is 14.5. The third kappa shape index (κ3) is 5.84. The van der Waals surface area contributed by atoms with Gasteiger partial charge in [-0.1, -0.05) is 20.8 Å². The van der Waals surface area contributed by atoms with Crippen LogP contribution in [0.15, 0.2) is 11.3 Å². The molecule has 8 heterocycles. The second-order valence-corrected chi connectivity index (χ2v) is 17.8. The number of hydrogen-bond donors (Lipinski definition) is 0. The van der Waals surface area contributed by atoms with E-state index in [-0.39, 0.29) is 35.8 Å². The lowest BCUT2D eigenvalue weighted by atomic mass is 9.57. The maximum atomic E-state index is 14.6. The molecule has 0 N–H and O–H groups in total. The molecule has 2 saturated carbocycles. The van der Waals surface area contributed by atoms with Gasteiger partial charge in [0.1, 0.15) is 0 Å². The second-order valence-electron chi connectivity index (χ2n) is 17.8. The van der Waals surface area contributed by atoms with Crippen LogP contribution in [0.2, 0.25) is 0 Å². The van der Waals surface area contributed by atoms with E-state index in [9.17, 15) is 13.2 Å². The SMILES string of the molecule is C[C@@H]1CC[C@H]2[C@@H](C)[C@@](C)(OCCCCCN(C)CC3=C(C(F)(F)F)O[C@@H]4O[C@]5(C)CC[C@H]6[C@H](C)CC[C@@H]3[C@@]46OO5)O[C@@H]3O[C@]4(C)CC[C@@H]1[C@]32OO4. The van der Waals surface area contributed by atoms with Crippen LogP contribution in [0.1, 0.15) is 112 Å². The molecule has 10 rings (SSSR count). The molecule has 9 fully saturated rings. The molecule has 10 nitrogen and oxygen atoms in total. The summed E-state index contributed by atoms with van der Waals surface area (Å²) in [6.45, 7) is 13.6. The van der Waals surface area contributed by atoms with Crippen molar-refractivity contribution in [2.45, 2.75) is 159 Å². The molecule has 4 bridgehead atoms. The fraction of sp³-hybridized carbons (Fsp3) is 0.947. The van der Waals surface area contributed by atoms with Gasteiger partial charge in [-0.05, 0) is 115 Å². The maximum absolute atomic E-state index is 14.6. The highest BCUT2D eigenvalue weighted by Crippen LogP contribution is 2.63. The highest BCUT2D eigenvalue weighted by molar-refractivity contribution is 5.29. The number of halogens is 3. The number of allylic oxidation sites excluding steroid dienone is 1. The Morgan fingerprint density at radius 3 is 2.04 bits per heavy atom. The van der Waals surface area contributed by atoms with Gasteiger partial charge in [-0.2, -0.15) is 13.2 Å². The molecule has 0 unspecified atom stereocenters. The van der Waals surface area contributed by atoms with E-state index < -0.39 is 59.0 Å². The van der Waals surface area contributed by atoms with Gasteiger partial charge in [-0.25, -0.2) is 19.6 Å². The molecule has 2 aliphatic carbocycles. The summed E-state index contributed by atoms with van der Waals surface area (Å²) in [5, 5.41) is 0. The average molecular weight is 730 g/mol. The van der Waals surface area contributed by atoms with Gasteiger partial charge in [0.25, 0.3) is 0 Å². The summed E-state index contributed by atoms with van der Waals surface area (Å²) in [4.78, 5) is 26.1. The van der Waals surface area contributed by atoms with Crippen molar-refractivity contribution in [2.24, 2.45) is 41.4 Å². The maximum Gasteiger partial charge on any atom is 0.449 e. The standard InChI is InChI=1S/C38H58F3NO9/c1-22-11-13-28-24(3)35(6,47-32-36(28)26(22)15-18-34(5,46-32)49-50-36)43-20-10-8-9-19-42(7)21-25-29-14-12-23(2)27-16-17-33(4)45-31(37(27,29)51-48-33)44-30(25)38(39,40)41/h22-24,26-29,31-32H,8-21H2,1-7H3/t22-,23-,24-,26+,27+,28+,29+,31-,32+,33+,34+,35+,36-,37-/m1/s1. The van der Waals surface area contributed by atoms with Crippen molar-refractivity contribution in [1.82, 2.24) is 4.90 Å². The first-order chi connectivity index (χ1) is 24.0. The largest absolute Gasteiger partial charge is 0.456 e. The Balaban J connectivity index is 0.889. The molecule has 10 aliphatic rings. The summed E-state index contributed by atoms with van der Waals surface area (Å²) in [5.74, 6) is -3.01. The number of hydrogen-bond acceptors (Lipinski definition) is 10. The number of ether oxygens (including phenoxy) is 5. The number of likely N-dealkylation sites (N-methyl/N-ethyl adjacent to an activating group) is 1. The van der Waals surface area contributed by atoms with Crippen molar-refractivity contribution < 1.29 is 56.4 Å². The zero-order chi connectivity index (χ0) is 36.2. The lowest BCUT2D eigenvalue weighted by molar-refractivity contribution is -0.585. The van der Waals surface area contributed by atoms with Crippen LogP contribution < -0.4 is 0 Å². The number of nitrogens with zero attached hydrogens (tertiary/aromatic N) is 1. The zero-order valence-corrected chi connectivity index (χ0v) is 31.4. The van der Waals surface area contributed by atoms with E-state index >= 15 is 0 Å². The van der Waals surface area contributed by atoms with Gasteiger partial charge >= 0.3 is 6.18 Å². The summed E-state index contributed by atoms with van der Waals surface area (Å²) in [6.07, 6.45) is 2.62. The molecule has 0 aromatic rings. The fourth-order valence-corrected chi connectivity index (χ4v) is 11.5. The number of fused-ring (bicyclic) bond motifs is 4. The normalized spacial score (nSPS) is 50.4. The molecule has 13 heteroatoms. The second kappa shape index (κ2) is 12.8. The highest BCUT2D eigenvalue weighted by atomic mass is 19.4. The summed E-state index contributed by atoms with van der Waals surface area (Å²) < 4.78 is 75.6. The van der Waals surface area contributed by atoms with Crippen molar-refractivity contribution in [3.8, 4) is 0 Å². The Morgan fingerprint density at radius 2 is 1.35 bits per heavy atom. The quantitative estimate of drug-likeness (QED) is 0.173. The van der Waals surface area contributed by atoms with E-state index in [0.717, 1.165) is 57.8 Å². The van der Waals surface area contributed by atoms with Crippen molar-refractivity contribution in [3.05, 3.63) is 11.3 Å². The van der Waals surface area contributed by atoms with E-state index in [2.05, 4.69) is 20.8 Å². The fourth-order valence-electron chi connectivity index (χ4n) is 11.5. The Kier molecular flexibility index (Phi) is 9.24. The van der Waals surface area contributed by atoms with E-state index in [1.807, 2.05) is 25.8 Å². The monoisotopic (exact) mass is 729 g/mol. The van der Waals surface area contributed by atoms with Crippen LogP contribution in [-0.4, -0.2) is 79.0 Å². The minimum Gasteiger partial charge on any atom is -0.456 e. The molecule has 8 aliphatic heterocycles. The topological polar surface area (TPSA) is 86.3 Å². The molecule has 0 amide bonds. The first kappa shape index (κ1) is 36.9. The van der Waals surface area contributed by atoms with Gasteiger partial charge in [0.15, 0.2) is 23.3 Å². The highest BCUT2D eigenvalue weighted by Gasteiger charge is 2.72. The van der Waals surface area contributed by atoms with Crippen LogP contribution in [0.3, 0.4) is 0 Å².